The maximum Gasteiger partial charge on any atom is 0.106 e. The fourth-order valence-corrected chi connectivity index (χ4v) is 1.30. The van der Waals surface area contributed by atoms with E-state index in [1.807, 2.05) is 31.2 Å². The van der Waals surface area contributed by atoms with E-state index in [9.17, 15) is 0 Å². The molecule has 0 aliphatic carbocycles. The van der Waals surface area contributed by atoms with Crippen molar-refractivity contribution in [2.45, 2.75) is 19.4 Å². The van der Waals surface area contributed by atoms with Gasteiger partial charge in [-0.2, -0.15) is 0 Å². The van der Waals surface area contributed by atoms with Crippen molar-refractivity contribution in [3.05, 3.63) is 35.4 Å². The summed E-state index contributed by atoms with van der Waals surface area (Å²) in [6, 6.07) is 7.91. The maximum absolute atomic E-state index is 8.76. The van der Waals surface area contributed by atoms with E-state index in [1.54, 1.807) is 0 Å². The normalized spacial score (nSPS) is 12.8. The molecule has 1 aromatic carbocycles. The molecule has 1 aromatic rings. The minimum atomic E-state index is -0.204. The third-order valence-corrected chi connectivity index (χ3v) is 1.97. The van der Waals surface area contributed by atoms with Gasteiger partial charge in [0.05, 0.1) is 0 Å². The van der Waals surface area contributed by atoms with Crippen LogP contribution >= 0.6 is 0 Å². The van der Waals surface area contributed by atoms with E-state index in [0.717, 1.165) is 11.1 Å². The molecule has 0 radical (unpaired) electrons. The summed E-state index contributed by atoms with van der Waals surface area (Å²) >= 11 is 0. The maximum atomic E-state index is 8.76. The molecule has 0 bridgehead atoms. The summed E-state index contributed by atoms with van der Waals surface area (Å²) in [4.78, 5) is 4.77. The van der Waals surface area contributed by atoms with Crippen LogP contribution in [-0.2, 0) is 4.84 Å². The lowest BCUT2D eigenvalue weighted by atomic mass is 10.0. The Bertz CT molecular complexity index is 263. The molecule has 0 aromatic heterocycles. The molecule has 3 nitrogen and oxygen atoms in total. The molecule has 0 fully saturated rings. The van der Waals surface area contributed by atoms with Gasteiger partial charge < -0.3 is 5.11 Å². The van der Waals surface area contributed by atoms with Crippen LogP contribution in [0.2, 0.25) is 0 Å². The van der Waals surface area contributed by atoms with E-state index in [1.165, 1.54) is 0 Å². The molecule has 0 aliphatic heterocycles. The van der Waals surface area contributed by atoms with E-state index < -0.39 is 0 Å². The summed E-state index contributed by atoms with van der Waals surface area (Å²) < 4.78 is 0. The first-order valence-corrected chi connectivity index (χ1v) is 4.31. The van der Waals surface area contributed by atoms with Crippen molar-refractivity contribution in [3.63, 3.8) is 0 Å². The van der Waals surface area contributed by atoms with Gasteiger partial charge in [-0.05, 0) is 12.5 Å². The van der Waals surface area contributed by atoms with E-state index in [-0.39, 0.29) is 12.7 Å². The van der Waals surface area contributed by atoms with Gasteiger partial charge in [0.25, 0.3) is 0 Å². The SMILES string of the molecule is Cc1cccc(C(CCO)ON)c1. The van der Waals surface area contributed by atoms with Gasteiger partial charge >= 0.3 is 0 Å². The summed E-state index contributed by atoms with van der Waals surface area (Å²) in [5.41, 5.74) is 2.18. The highest BCUT2D eigenvalue weighted by atomic mass is 16.6. The number of nitrogens with two attached hydrogens (primary N) is 1. The molecule has 72 valence electrons. The van der Waals surface area contributed by atoms with Crippen LogP contribution in [0.25, 0.3) is 0 Å². The Morgan fingerprint density at radius 3 is 2.85 bits per heavy atom. The van der Waals surface area contributed by atoms with Crippen molar-refractivity contribution in [3.8, 4) is 0 Å². The zero-order valence-corrected chi connectivity index (χ0v) is 7.73. The topological polar surface area (TPSA) is 55.5 Å². The Morgan fingerprint density at radius 1 is 1.54 bits per heavy atom. The van der Waals surface area contributed by atoms with E-state index in [4.69, 9.17) is 15.8 Å². The fraction of sp³-hybridized carbons (Fsp3) is 0.400. The third kappa shape index (κ3) is 2.81. The van der Waals surface area contributed by atoms with Gasteiger partial charge in [0.15, 0.2) is 0 Å². The first-order valence-electron chi connectivity index (χ1n) is 4.31. The Balaban J connectivity index is 2.78. The van der Waals surface area contributed by atoms with Crippen LogP contribution in [0.4, 0.5) is 0 Å². The molecule has 13 heavy (non-hydrogen) atoms. The number of aliphatic hydroxyl groups is 1. The average molecular weight is 181 g/mol. The van der Waals surface area contributed by atoms with Gasteiger partial charge in [0.1, 0.15) is 6.10 Å². The second kappa shape index (κ2) is 4.97. The van der Waals surface area contributed by atoms with Crippen molar-refractivity contribution in [1.29, 1.82) is 0 Å². The largest absolute Gasteiger partial charge is 0.396 e. The highest BCUT2D eigenvalue weighted by Gasteiger charge is 2.09. The summed E-state index contributed by atoms with van der Waals surface area (Å²) in [5, 5.41) is 8.76. The number of hydrogen-bond donors (Lipinski definition) is 2. The highest BCUT2D eigenvalue weighted by molar-refractivity contribution is 5.24. The number of benzene rings is 1. The second-order valence-electron chi connectivity index (χ2n) is 3.05. The van der Waals surface area contributed by atoms with E-state index in [2.05, 4.69) is 0 Å². The number of aliphatic hydroxyl groups excluding tert-OH is 1. The summed E-state index contributed by atoms with van der Waals surface area (Å²) in [6.07, 6.45) is 0.324. The van der Waals surface area contributed by atoms with E-state index >= 15 is 0 Å². The standard InChI is InChI=1S/C10H15NO2/c1-8-3-2-4-9(7-8)10(13-11)5-6-12/h2-4,7,10,12H,5-6,11H2,1H3. The average Bonchev–Trinajstić information content (AvgIpc) is 2.14. The molecule has 1 unspecified atom stereocenters. The van der Waals surface area contributed by atoms with Gasteiger partial charge in [-0.3, -0.25) is 4.84 Å². The lowest BCUT2D eigenvalue weighted by Gasteiger charge is -2.13. The number of aryl methyl sites for hydroxylation is 1. The quantitative estimate of drug-likeness (QED) is 0.688. The monoisotopic (exact) mass is 181 g/mol. The lowest BCUT2D eigenvalue weighted by Crippen LogP contribution is -2.10. The lowest BCUT2D eigenvalue weighted by molar-refractivity contribution is 0.0342. The molecule has 0 amide bonds. The molecule has 0 saturated heterocycles. The predicted octanol–water partition coefficient (Wildman–Crippen LogP) is 1.31. The smallest absolute Gasteiger partial charge is 0.106 e. The zero-order chi connectivity index (χ0) is 9.68. The molecule has 0 spiro atoms. The summed E-state index contributed by atoms with van der Waals surface area (Å²) in [5.74, 6) is 5.13. The Labute approximate surface area is 78.1 Å². The van der Waals surface area contributed by atoms with Crippen LogP contribution in [0.1, 0.15) is 23.7 Å². The predicted molar refractivity (Wildman–Crippen MR) is 50.9 cm³/mol. The van der Waals surface area contributed by atoms with Crippen molar-refractivity contribution in [2.24, 2.45) is 5.90 Å². The van der Waals surface area contributed by atoms with Gasteiger partial charge in [0, 0.05) is 13.0 Å². The van der Waals surface area contributed by atoms with E-state index in [0.29, 0.717) is 6.42 Å². The molecule has 0 aliphatic rings. The number of rotatable bonds is 4. The van der Waals surface area contributed by atoms with Gasteiger partial charge in [-0.1, -0.05) is 29.8 Å². The molecule has 3 N–H and O–H groups in total. The Morgan fingerprint density at radius 2 is 2.31 bits per heavy atom. The van der Waals surface area contributed by atoms with Crippen LogP contribution in [0.15, 0.2) is 24.3 Å². The molecule has 1 atom stereocenters. The van der Waals surface area contributed by atoms with Gasteiger partial charge in [-0.15, -0.1) is 0 Å². The highest BCUT2D eigenvalue weighted by Crippen LogP contribution is 2.19. The van der Waals surface area contributed by atoms with Gasteiger partial charge in [0.2, 0.25) is 0 Å². The third-order valence-electron chi connectivity index (χ3n) is 1.97. The molecule has 0 saturated carbocycles. The van der Waals surface area contributed by atoms with Crippen LogP contribution in [0, 0.1) is 6.92 Å². The molecule has 0 heterocycles. The van der Waals surface area contributed by atoms with Crippen LogP contribution in [0.3, 0.4) is 0 Å². The molecule has 3 heteroatoms. The van der Waals surface area contributed by atoms with Crippen molar-refractivity contribution in [1.82, 2.24) is 0 Å². The van der Waals surface area contributed by atoms with Crippen molar-refractivity contribution in [2.75, 3.05) is 6.61 Å². The molecule has 1 rings (SSSR count). The molecular weight excluding hydrogens is 166 g/mol. The van der Waals surface area contributed by atoms with Crippen molar-refractivity contribution >= 4 is 0 Å². The fourth-order valence-electron chi connectivity index (χ4n) is 1.30. The number of hydrogen-bond acceptors (Lipinski definition) is 3. The second-order valence-corrected chi connectivity index (χ2v) is 3.05. The summed E-state index contributed by atoms with van der Waals surface area (Å²) in [6.45, 7) is 2.09. The first kappa shape index (κ1) is 10.2. The minimum absolute atomic E-state index is 0.0792. The van der Waals surface area contributed by atoms with Crippen LogP contribution in [0.5, 0.6) is 0 Å². The van der Waals surface area contributed by atoms with Gasteiger partial charge in [-0.25, -0.2) is 5.90 Å². The molecular formula is C10H15NO2. The van der Waals surface area contributed by atoms with Crippen LogP contribution < -0.4 is 5.90 Å². The summed E-state index contributed by atoms with van der Waals surface area (Å²) in [7, 11) is 0. The minimum Gasteiger partial charge on any atom is -0.396 e. The van der Waals surface area contributed by atoms with Crippen molar-refractivity contribution < 1.29 is 9.94 Å². The first-order chi connectivity index (χ1) is 6.27. The zero-order valence-electron chi connectivity index (χ0n) is 7.73. The Kier molecular flexibility index (Phi) is 3.89. The van der Waals surface area contributed by atoms with Crippen LogP contribution in [-0.4, -0.2) is 11.7 Å². The Hall–Kier alpha value is -0.900.